The summed E-state index contributed by atoms with van der Waals surface area (Å²) in [5.74, 6) is 0. The smallest absolute Gasteiger partial charge is 0.169 e. The van der Waals surface area contributed by atoms with Crippen LogP contribution in [-0.2, 0) is 4.74 Å². The van der Waals surface area contributed by atoms with Crippen LogP contribution in [0.5, 0.6) is 0 Å². The van der Waals surface area contributed by atoms with Crippen LogP contribution in [0.25, 0.3) is 0 Å². The maximum atomic E-state index is 5.60. The second-order valence-electron chi connectivity index (χ2n) is 5.61. The van der Waals surface area contributed by atoms with Crippen LogP contribution in [0.2, 0.25) is 0 Å². The van der Waals surface area contributed by atoms with Crippen LogP contribution in [-0.4, -0.2) is 41.9 Å². The van der Waals surface area contributed by atoms with E-state index in [9.17, 15) is 0 Å². The Bertz CT molecular complexity index is 279. The molecule has 1 heterocycles. The first kappa shape index (κ1) is 13.1. The van der Waals surface area contributed by atoms with Gasteiger partial charge in [0.25, 0.3) is 0 Å². The van der Waals surface area contributed by atoms with E-state index in [1.54, 1.807) is 7.11 Å². The third-order valence-electron chi connectivity index (χ3n) is 4.12. The Morgan fingerprint density at radius 3 is 2.71 bits per heavy atom. The number of piperidine rings is 1. The minimum atomic E-state index is -0.0281. The van der Waals surface area contributed by atoms with Crippen molar-refractivity contribution in [2.75, 3.05) is 20.2 Å². The van der Waals surface area contributed by atoms with Crippen molar-refractivity contribution in [3.8, 4) is 0 Å². The van der Waals surface area contributed by atoms with E-state index in [0.29, 0.717) is 6.04 Å². The molecule has 3 nitrogen and oxygen atoms in total. The van der Waals surface area contributed by atoms with Crippen LogP contribution in [0, 0.1) is 0 Å². The average molecular weight is 256 g/mol. The molecule has 1 saturated carbocycles. The molecule has 2 fully saturated rings. The average Bonchev–Trinajstić information content (AvgIpc) is 2.82. The van der Waals surface area contributed by atoms with Gasteiger partial charge >= 0.3 is 0 Å². The number of hydrogen-bond acceptors (Lipinski definition) is 2. The SMILES string of the molecule is COC1(C)CCCN(C(=S)NC2CCCC2)C1. The van der Waals surface area contributed by atoms with Crippen molar-refractivity contribution < 1.29 is 4.74 Å². The summed E-state index contributed by atoms with van der Waals surface area (Å²) < 4.78 is 5.60. The Morgan fingerprint density at radius 1 is 1.35 bits per heavy atom. The molecule has 0 amide bonds. The molecule has 0 aromatic heterocycles. The number of nitrogens with one attached hydrogen (secondary N) is 1. The van der Waals surface area contributed by atoms with Crippen LogP contribution >= 0.6 is 12.2 Å². The summed E-state index contributed by atoms with van der Waals surface area (Å²) in [5, 5.41) is 4.44. The highest BCUT2D eigenvalue weighted by atomic mass is 32.1. The summed E-state index contributed by atoms with van der Waals surface area (Å²) in [6.07, 6.45) is 7.53. The Hall–Kier alpha value is -0.350. The van der Waals surface area contributed by atoms with Crippen LogP contribution in [0.3, 0.4) is 0 Å². The topological polar surface area (TPSA) is 24.5 Å². The van der Waals surface area contributed by atoms with E-state index in [1.165, 1.54) is 25.7 Å². The minimum Gasteiger partial charge on any atom is -0.377 e. The predicted molar refractivity (Wildman–Crippen MR) is 74.2 cm³/mol. The van der Waals surface area contributed by atoms with E-state index in [0.717, 1.165) is 31.0 Å². The molecule has 4 heteroatoms. The molecule has 0 aromatic carbocycles. The van der Waals surface area contributed by atoms with Gasteiger partial charge in [-0.2, -0.15) is 0 Å². The second-order valence-corrected chi connectivity index (χ2v) is 6.00. The fourth-order valence-corrected chi connectivity index (χ4v) is 3.20. The lowest BCUT2D eigenvalue weighted by molar-refractivity contribution is -0.0351. The lowest BCUT2D eigenvalue weighted by atomic mass is 9.95. The van der Waals surface area contributed by atoms with Crippen molar-refractivity contribution in [2.45, 2.75) is 57.1 Å². The van der Waals surface area contributed by atoms with Gasteiger partial charge in [0.1, 0.15) is 0 Å². The molecule has 1 aliphatic carbocycles. The first-order valence-electron chi connectivity index (χ1n) is 6.73. The molecule has 0 bridgehead atoms. The zero-order chi connectivity index (χ0) is 12.3. The molecule has 1 saturated heterocycles. The van der Waals surface area contributed by atoms with Crippen LogP contribution in [0.4, 0.5) is 0 Å². The molecular weight excluding hydrogens is 232 g/mol. The Labute approximate surface area is 110 Å². The van der Waals surface area contributed by atoms with Gasteiger partial charge in [0.15, 0.2) is 5.11 Å². The Balaban J connectivity index is 1.86. The molecule has 0 aromatic rings. The molecule has 17 heavy (non-hydrogen) atoms. The van der Waals surface area contributed by atoms with Gasteiger partial charge in [-0.25, -0.2) is 0 Å². The number of hydrogen-bond donors (Lipinski definition) is 1. The fraction of sp³-hybridized carbons (Fsp3) is 0.923. The molecule has 0 spiro atoms. The molecular formula is C13H24N2OS. The van der Waals surface area contributed by atoms with E-state index in [4.69, 9.17) is 17.0 Å². The zero-order valence-electron chi connectivity index (χ0n) is 11.0. The first-order valence-corrected chi connectivity index (χ1v) is 7.14. The van der Waals surface area contributed by atoms with E-state index >= 15 is 0 Å². The van der Waals surface area contributed by atoms with Crippen molar-refractivity contribution in [1.29, 1.82) is 0 Å². The van der Waals surface area contributed by atoms with Crippen LogP contribution in [0.15, 0.2) is 0 Å². The fourth-order valence-electron chi connectivity index (χ4n) is 2.88. The number of rotatable bonds is 2. The molecule has 1 aliphatic heterocycles. The van der Waals surface area contributed by atoms with Crippen molar-refractivity contribution in [2.24, 2.45) is 0 Å². The van der Waals surface area contributed by atoms with Gasteiger partial charge in [-0.3, -0.25) is 0 Å². The summed E-state index contributed by atoms with van der Waals surface area (Å²) in [5.41, 5.74) is -0.0281. The third-order valence-corrected chi connectivity index (χ3v) is 4.50. The summed E-state index contributed by atoms with van der Waals surface area (Å²) in [7, 11) is 1.80. The van der Waals surface area contributed by atoms with Crippen molar-refractivity contribution in [3.05, 3.63) is 0 Å². The van der Waals surface area contributed by atoms with Gasteiger partial charge in [-0.1, -0.05) is 12.8 Å². The van der Waals surface area contributed by atoms with Gasteiger partial charge in [0, 0.05) is 26.2 Å². The lowest BCUT2D eigenvalue weighted by Crippen LogP contribution is -2.53. The van der Waals surface area contributed by atoms with E-state index < -0.39 is 0 Å². The highest BCUT2D eigenvalue weighted by Gasteiger charge is 2.32. The van der Waals surface area contributed by atoms with Crippen molar-refractivity contribution in [3.63, 3.8) is 0 Å². The van der Waals surface area contributed by atoms with Crippen molar-refractivity contribution in [1.82, 2.24) is 10.2 Å². The highest BCUT2D eigenvalue weighted by Crippen LogP contribution is 2.24. The molecule has 2 aliphatic rings. The third kappa shape index (κ3) is 3.32. The Kier molecular flexibility index (Phi) is 4.26. The maximum absolute atomic E-state index is 5.60. The van der Waals surface area contributed by atoms with E-state index in [2.05, 4.69) is 17.1 Å². The molecule has 1 unspecified atom stereocenters. The summed E-state index contributed by atoms with van der Waals surface area (Å²) in [6.45, 7) is 4.16. The Morgan fingerprint density at radius 2 is 2.06 bits per heavy atom. The standard InChI is InChI=1S/C13H24N2OS/c1-13(16-2)8-5-9-15(10-13)12(17)14-11-6-3-4-7-11/h11H,3-10H2,1-2H3,(H,14,17). The van der Waals surface area contributed by atoms with Crippen LogP contribution < -0.4 is 5.32 Å². The van der Waals surface area contributed by atoms with Crippen molar-refractivity contribution >= 4 is 17.3 Å². The molecule has 98 valence electrons. The molecule has 1 N–H and O–H groups in total. The largest absolute Gasteiger partial charge is 0.377 e. The quantitative estimate of drug-likeness (QED) is 0.766. The zero-order valence-corrected chi connectivity index (χ0v) is 11.8. The second kappa shape index (κ2) is 5.53. The van der Waals surface area contributed by atoms with Gasteiger partial charge in [0.2, 0.25) is 0 Å². The maximum Gasteiger partial charge on any atom is 0.169 e. The summed E-state index contributed by atoms with van der Waals surface area (Å²) in [6, 6.07) is 0.609. The number of ether oxygens (including phenoxy) is 1. The van der Waals surface area contributed by atoms with Crippen LogP contribution in [0.1, 0.15) is 45.4 Å². The molecule has 0 radical (unpaired) electrons. The summed E-state index contributed by atoms with van der Waals surface area (Å²) in [4.78, 5) is 2.28. The van der Waals surface area contributed by atoms with Gasteiger partial charge in [0.05, 0.1) is 5.60 Å². The number of methoxy groups -OCH3 is 1. The lowest BCUT2D eigenvalue weighted by Gasteiger charge is -2.41. The van der Waals surface area contributed by atoms with Gasteiger partial charge < -0.3 is 15.0 Å². The highest BCUT2D eigenvalue weighted by molar-refractivity contribution is 7.80. The van der Waals surface area contributed by atoms with E-state index in [-0.39, 0.29) is 5.60 Å². The predicted octanol–water partition coefficient (Wildman–Crippen LogP) is 2.30. The normalized spacial score (nSPS) is 30.6. The first-order chi connectivity index (χ1) is 8.13. The summed E-state index contributed by atoms with van der Waals surface area (Å²) >= 11 is 5.52. The minimum absolute atomic E-state index is 0.0281. The molecule has 2 rings (SSSR count). The van der Waals surface area contributed by atoms with E-state index in [1.807, 2.05) is 0 Å². The van der Waals surface area contributed by atoms with Gasteiger partial charge in [-0.15, -0.1) is 0 Å². The van der Waals surface area contributed by atoms with Gasteiger partial charge in [-0.05, 0) is 44.8 Å². The number of nitrogens with zero attached hydrogens (tertiary/aromatic N) is 1. The number of thiocarbonyl (C=S) groups is 1. The number of likely N-dealkylation sites (tertiary alicyclic amines) is 1. The molecule has 1 atom stereocenters. The monoisotopic (exact) mass is 256 g/mol.